The van der Waals surface area contributed by atoms with Gasteiger partial charge < -0.3 is 19.3 Å². The van der Waals surface area contributed by atoms with Crippen molar-refractivity contribution in [2.45, 2.75) is 20.1 Å². The summed E-state index contributed by atoms with van der Waals surface area (Å²) in [5.74, 6) is 1.84. The smallest absolute Gasteiger partial charge is 0.223 e. The number of nitrogens with one attached hydrogen (secondary N) is 1. The molecule has 0 fully saturated rings. The van der Waals surface area contributed by atoms with Crippen molar-refractivity contribution in [2.75, 3.05) is 20.3 Å². The minimum Gasteiger partial charge on any atom is -0.484 e. The Kier molecular flexibility index (Phi) is 6.16. The van der Waals surface area contributed by atoms with E-state index >= 15 is 0 Å². The fraction of sp³-hybridized carbons (Fsp3) is 0.429. The number of hydrogen-bond acceptors (Lipinski definition) is 6. The van der Waals surface area contributed by atoms with E-state index in [0.717, 1.165) is 22.3 Å². The minimum absolute atomic E-state index is 0.269. The first-order chi connectivity index (χ1) is 10.2. The molecule has 1 N–H and O–H groups in total. The lowest BCUT2D eigenvalue weighted by atomic mass is 10.2. The summed E-state index contributed by atoms with van der Waals surface area (Å²) in [6.07, 6.45) is 0. The Morgan fingerprint density at radius 2 is 2.24 bits per heavy atom. The van der Waals surface area contributed by atoms with Gasteiger partial charge in [-0.1, -0.05) is 17.3 Å². The molecule has 0 saturated heterocycles. The summed E-state index contributed by atoms with van der Waals surface area (Å²) in [4.78, 5) is 4.12. The van der Waals surface area contributed by atoms with Gasteiger partial charge in [0.1, 0.15) is 5.75 Å². The van der Waals surface area contributed by atoms with Gasteiger partial charge in [-0.25, -0.2) is 0 Å². The summed E-state index contributed by atoms with van der Waals surface area (Å²) in [7, 11) is 1.68. The predicted octanol–water partition coefficient (Wildman–Crippen LogP) is 2.46. The number of methoxy groups -OCH3 is 1. The molecule has 0 atom stereocenters. The van der Waals surface area contributed by atoms with Crippen LogP contribution in [-0.4, -0.2) is 30.4 Å². The van der Waals surface area contributed by atoms with Gasteiger partial charge in [0.05, 0.1) is 11.1 Å². The second kappa shape index (κ2) is 8.11. The highest BCUT2D eigenvalue weighted by molar-refractivity contribution is 9.10. The average molecular weight is 356 g/mol. The Labute approximate surface area is 132 Å². The number of ether oxygens (including phenoxy) is 2. The van der Waals surface area contributed by atoms with Crippen molar-refractivity contribution < 1.29 is 14.0 Å². The van der Waals surface area contributed by atoms with Crippen LogP contribution in [0.2, 0.25) is 0 Å². The third-order valence-electron chi connectivity index (χ3n) is 2.76. The Morgan fingerprint density at radius 3 is 2.95 bits per heavy atom. The molecule has 7 heteroatoms. The number of halogens is 1. The molecule has 1 heterocycles. The van der Waals surface area contributed by atoms with Crippen LogP contribution in [0.5, 0.6) is 5.75 Å². The number of para-hydroxylation sites is 1. The number of benzene rings is 1. The number of aryl methyl sites for hydroxylation is 1. The molecule has 0 aliphatic carbocycles. The van der Waals surface area contributed by atoms with E-state index in [1.807, 2.05) is 18.2 Å². The monoisotopic (exact) mass is 355 g/mol. The molecule has 1 aromatic heterocycles. The van der Waals surface area contributed by atoms with E-state index < -0.39 is 0 Å². The van der Waals surface area contributed by atoms with Gasteiger partial charge >= 0.3 is 0 Å². The average Bonchev–Trinajstić information content (AvgIpc) is 2.88. The normalized spacial score (nSPS) is 10.8. The molecule has 6 nitrogen and oxygen atoms in total. The Hall–Kier alpha value is -1.44. The first-order valence-corrected chi connectivity index (χ1v) is 7.39. The SMILES string of the molecule is COCCNCc1cccc(Br)c1OCc1noc(C)n1. The second-order valence-corrected chi connectivity index (χ2v) is 5.27. The Balaban J connectivity index is 1.99. The number of hydrogen-bond donors (Lipinski definition) is 1. The summed E-state index contributed by atoms with van der Waals surface area (Å²) in [6, 6.07) is 5.93. The van der Waals surface area contributed by atoms with E-state index in [4.69, 9.17) is 14.0 Å². The lowest BCUT2D eigenvalue weighted by molar-refractivity contribution is 0.199. The van der Waals surface area contributed by atoms with Gasteiger partial charge in [0, 0.05) is 32.7 Å². The van der Waals surface area contributed by atoms with Gasteiger partial charge in [-0.05, 0) is 22.0 Å². The van der Waals surface area contributed by atoms with E-state index in [9.17, 15) is 0 Å². The molecule has 0 saturated carbocycles. The molecule has 0 aliphatic rings. The van der Waals surface area contributed by atoms with Gasteiger partial charge in [0.25, 0.3) is 0 Å². The molecule has 0 unspecified atom stereocenters. The topological polar surface area (TPSA) is 69.4 Å². The predicted molar refractivity (Wildman–Crippen MR) is 81.1 cm³/mol. The van der Waals surface area contributed by atoms with Crippen molar-refractivity contribution in [2.24, 2.45) is 0 Å². The van der Waals surface area contributed by atoms with Crippen LogP contribution >= 0.6 is 15.9 Å². The quantitative estimate of drug-likeness (QED) is 0.733. The molecule has 0 radical (unpaired) electrons. The maximum atomic E-state index is 5.82. The van der Waals surface area contributed by atoms with Gasteiger partial charge in [-0.3, -0.25) is 0 Å². The van der Waals surface area contributed by atoms with E-state index in [0.29, 0.717) is 24.9 Å². The fourth-order valence-electron chi connectivity index (χ4n) is 1.79. The van der Waals surface area contributed by atoms with Gasteiger partial charge in [0.2, 0.25) is 11.7 Å². The van der Waals surface area contributed by atoms with Crippen molar-refractivity contribution in [3.05, 3.63) is 40.0 Å². The molecule has 21 heavy (non-hydrogen) atoms. The van der Waals surface area contributed by atoms with E-state index in [1.165, 1.54) is 0 Å². The van der Waals surface area contributed by atoms with Crippen molar-refractivity contribution in [3.63, 3.8) is 0 Å². The lowest BCUT2D eigenvalue weighted by Crippen LogP contribution is -2.19. The number of aromatic nitrogens is 2. The molecular formula is C14H18BrN3O3. The zero-order valence-corrected chi connectivity index (χ0v) is 13.6. The maximum absolute atomic E-state index is 5.82. The summed E-state index contributed by atoms with van der Waals surface area (Å²) in [6.45, 7) is 4.17. The Bertz CT molecular complexity index is 574. The van der Waals surface area contributed by atoms with E-state index in [-0.39, 0.29) is 6.61 Å². The van der Waals surface area contributed by atoms with Crippen molar-refractivity contribution >= 4 is 15.9 Å². The molecule has 0 amide bonds. The van der Waals surface area contributed by atoms with Crippen LogP contribution in [0.3, 0.4) is 0 Å². The van der Waals surface area contributed by atoms with Crippen LogP contribution in [-0.2, 0) is 17.9 Å². The van der Waals surface area contributed by atoms with Crippen LogP contribution in [0.4, 0.5) is 0 Å². The highest BCUT2D eigenvalue weighted by atomic mass is 79.9. The highest BCUT2D eigenvalue weighted by Gasteiger charge is 2.10. The van der Waals surface area contributed by atoms with Crippen LogP contribution in [0, 0.1) is 6.92 Å². The molecule has 2 aromatic rings. The number of nitrogens with zero attached hydrogens (tertiary/aromatic N) is 2. The standard InChI is InChI=1S/C14H18BrN3O3/c1-10-17-13(18-21-10)9-20-14-11(4-3-5-12(14)15)8-16-6-7-19-2/h3-5,16H,6-9H2,1-2H3. The molecule has 1 aromatic carbocycles. The molecular weight excluding hydrogens is 338 g/mol. The second-order valence-electron chi connectivity index (χ2n) is 4.42. The van der Waals surface area contributed by atoms with E-state index in [2.05, 4.69) is 31.4 Å². The van der Waals surface area contributed by atoms with Crippen molar-refractivity contribution in [1.29, 1.82) is 0 Å². The van der Waals surface area contributed by atoms with Gasteiger partial charge in [-0.15, -0.1) is 0 Å². The fourth-order valence-corrected chi connectivity index (χ4v) is 2.31. The number of rotatable bonds is 8. The lowest BCUT2D eigenvalue weighted by Gasteiger charge is -2.13. The van der Waals surface area contributed by atoms with Crippen LogP contribution in [0.15, 0.2) is 27.2 Å². The third-order valence-corrected chi connectivity index (χ3v) is 3.39. The highest BCUT2D eigenvalue weighted by Crippen LogP contribution is 2.29. The Morgan fingerprint density at radius 1 is 1.38 bits per heavy atom. The summed E-state index contributed by atoms with van der Waals surface area (Å²) in [5.41, 5.74) is 1.06. The molecule has 0 bridgehead atoms. The zero-order valence-electron chi connectivity index (χ0n) is 12.1. The molecule has 2 rings (SSSR count). The van der Waals surface area contributed by atoms with Gasteiger partial charge in [-0.2, -0.15) is 4.98 Å². The third kappa shape index (κ3) is 4.80. The molecule has 0 spiro atoms. The van der Waals surface area contributed by atoms with Crippen LogP contribution < -0.4 is 10.1 Å². The zero-order chi connectivity index (χ0) is 15.1. The summed E-state index contributed by atoms with van der Waals surface area (Å²) < 4.78 is 16.7. The van der Waals surface area contributed by atoms with Gasteiger partial charge in [0.15, 0.2) is 6.61 Å². The molecule has 114 valence electrons. The first kappa shape index (κ1) is 15.9. The van der Waals surface area contributed by atoms with Crippen LogP contribution in [0.1, 0.15) is 17.3 Å². The maximum Gasteiger partial charge on any atom is 0.223 e. The molecule has 0 aliphatic heterocycles. The summed E-state index contributed by atoms with van der Waals surface area (Å²) in [5, 5.41) is 7.12. The first-order valence-electron chi connectivity index (χ1n) is 6.59. The van der Waals surface area contributed by atoms with Crippen molar-refractivity contribution in [1.82, 2.24) is 15.5 Å². The largest absolute Gasteiger partial charge is 0.484 e. The van der Waals surface area contributed by atoms with Crippen molar-refractivity contribution in [3.8, 4) is 5.75 Å². The van der Waals surface area contributed by atoms with E-state index in [1.54, 1.807) is 14.0 Å². The minimum atomic E-state index is 0.269. The van der Waals surface area contributed by atoms with Crippen LogP contribution in [0.25, 0.3) is 0 Å². The summed E-state index contributed by atoms with van der Waals surface area (Å²) >= 11 is 3.51.